The number of esters is 1. The summed E-state index contributed by atoms with van der Waals surface area (Å²) < 4.78 is 25.7. The van der Waals surface area contributed by atoms with Gasteiger partial charge in [0.2, 0.25) is 5.76 Å². The normalized spacial score (nSPS) is 11.0. The number of carbonyl (C=O) groups is 1. The molecule has 4 rings (SSSR count). The molecule has 0 aliphatic heterocycles. The van der Waals surface area contributed by atoms with E-state index in [9.17, 15) is 18.8 Å². The van der Waals surface area contributed by atoms with Gasteiger partial charge in [-0.15, -0.1) is 0 Å². The summed E-state index contributed by atoms with van der Waals surface area (Å²) in [5.41, 5.74) is -0.104. The molecule has 0 aliphatic carbocycles. The van der Waals surface area contributed by atoms with Crippen LogP contribution in [0.3, 0.4) is 0 Å². The lowest BCUT2D eigenvalue weighted by atomic mass is 10.2. The van der Waals surface area contributed by atoms with E-state index < -0.39 is 23.0 Å². The number of fused-ring (bicyclic) bond motifs is 1. The molecule has 3 heterocycles. The smallest absolute Gasteiger partial charge is 0.373 e. The fourth-order valence-corrected chi connectivity index (χ4v) is 3.14. The molecule has 0 amide bonds. The van der Waals surface area contributed by atoms with Crippen LogP contribution in [0, 0.1) is 5.82 Å². The number of rotatable bonds is 5. The van der Waals surface area contributed by atoms with Crippen molar-refractivity contribution >= 4 is 17.0 Å². The summed E-state index contributed by atoms with van der Waals surface area (Å²) in [6.45, 7) is -0.0717. The molecule has 0 radical (unpaired) electrons. The number of furan rings is 1. The Balaban J connectivity index is 1.83. The maximum atomic E-state index is 13.2. The van der Waals surface area contributed by atoms with Crippen LogP contribution in [0.25, 0.3) is 11.0 Å². The van der Waals surface area contributed by atoms with Gasteiger partial charge < -0.3 is 9.15 Å². The topological polar surface area (TPSA) is 96.3 Å². The minimum absolute atomic E-state index is 0.00242. The average Bonchev–Trinajstić information content (AvgIpc) is 3.23. The van der Waals surface area contributed by atoms with Crippen LogP contribution in [0.4, 0.5) is 4.39 Å². The van der Waals surface area contributed by atoms with Crippen molar-refractivity contribution in [1.82, 2.24) is 14.1 Å². The predicted molar refractivity (Wildman–Crippen MR) is 105 cm³/mol. The number of nitrogens with zero attached hydrogens (tertiary/aromatic N) is 3. The van der Waals surface area contributed by atoms with Crippen LogP contribution in [0.15, 0.2) is 68.7 Å². The minimum Gasteiger partial charge on any atom is -0.463 e. The third kappa shape index (κ3) is 3.52. The van der Waals surface area contributed by atoms with Gasteiger partial charge in [0.1, 0.15) is 11.6 Å². The van der Waals surface area contributed by atoms with Crippen molar-refractivity contribution in [1.29, 1.82) is 0 Å². The summed E-state index contributed by atoms with van der Waals surface area (Å²) in [6, 6.07) is 11.7. The molecule has 4 aromatic rings. The van der Waals surface area contributed by atoms with Crippen LogP contribution in [0.1, 0.15) is 21.9 Å². The standard InChI is InChI=1S/C21H16FN3O5/c1-29-20(27)17-9-8-15(30-17)12-24-16-3-2-10-23-18(16)19(26)25(21(24)28)11-13-4-6-14(22)7-5-13/h2-10H,11-12H2,1H3. The van der Waals surface area contributed by atoms with Gasteiger partial charge in [-0.2, -0.15) is 0 Å². The number of hydrogen-bond donors (Lipinski definition) is 0. The van der Waals surface area contributed by atoms with E-state index in [2.05, 4.69) is 9.72 Å². The zero-order valence-electron chi connectivity index (χ0n) is 15.9. The summed E-state index contributed by atoms with van der Waals surface area (Å²) in [6.07, 6.45) is 1.46. The third-order valence-corrected chi connectivity index (χ3v) is 4.60. The zero-order valence-corrected chi connectivity index (χ0v) is 15.9. The Morgan fingerprint density at radius 3 is 2.57 bits per heavy atom. The highest BCUT2D eigenvalue weighted by Gasteiger charge is 2.17. The van der Waals surface area contributed by atoms with Crippen molar-refractivity contribution in [2.24, 2.45) is 0 Å². The molecule has 1 aromatic carbocycles. The number of benzene rings is 1. The lowest BCUT2D eigenvalue weighted by molar-refractivity contribution is 0.0563. The molecule has 0 saturated heterocycles. The molecule has 9 heteroatoms. The van der Waals surface area contributed by atoms with Gasteiger partial charge >= 0.3 is 11.7 Å². The molecular formula is C21H16FN3O5. The molecule has 30 heavy (non-hydrogen) atoms. The first-order valence-corrected chi connectivity index (χ1v) is 8.98. The summed E-state index contributed by atoms with van der Waals surface area (Å²) in [5.74, 6) is -0.721. The van der Waals surface area contributed by atoms with Crippen LogP contribution < -0.4 is 11.2 Å². The quantitative estimate of drug-likeness (QED) is 0.469. The van der Waals surface area contributed by atoms with Crippen molar-refractivity contribution in [2.75, 3.05) is 7.11 Å². The van der Waals surface area contributed by atoms with Gasteiger partial charge in [-0.1, -0.05) is 12.1 Å². The first-order valence-electron chi connectivity index (χ1n) is 8.98. The largest absolute Gasteiger partial charge is 0.463 e. The lowest BCUT2D eigenvalue weighted by Gasteiger charge is -2.13. The van der Waals surface area contributed by atoms with E-state index in [1.54, 1.807) is 18.2 Å². The van der Waals surface area contributed by atoms with Gasteiger partial charge in [0.05, 0.1) is 25.7 Å². The van der Waals surface area contributed by atoms with E-state index in [0.29, 0.717) is 16.8 Å². The first-order chi connectivity index (χ1) is 14.5. The van der Waals surface area contributed by atoms with E-state index in [1.165, 1.54) is 48.2 Å². The summed E-state index contributed by atoms with van der Waals surface area (Å²) in [5, 5.41) is 0. The highest BCUT2D eigenvalue weighted by atomic mass is 19.1. The Morgan fingerprint density at radius 1 is 1.07 bits per heavy atom. The molecule has 8 nitrogen and oxygen atoms in total. The van der Waals surface area contributed by atoms with Crippen molar-refractivity contribution in [3.8, 4) is 0 Å². The zero-order chi connectivity index (χ0) is 21.3. The van der Waals surface area contributed by atoms with Gasteiger partial charge in [0.25, 0.3) is 5.56 Å². The van der Waals surface area contributed by atoms with Crippen LogP contribution in [0.5, 0.6) is 0 Å². The highest BCUT2D eigenvalue weighted by Crippen LogP contribution is 2.13. The van der Waals surface area contributed by atoms with Crippen molar-refractivity contribution in [2.45, 2.75) is 13.1 Å². The van der Waals surface area contributed by atoms with E-state index in [0.717, 1.165) is 4.57 Å². The Kier molecular flexibility index (Phi) is 5.01. The summed E-state index contributed by atoms with van der Waals surface area (Å²) in [4.78, 5) is 41.8. The summed E-state index contributed by atoms with van der Waals surface area (Å²) >= 11 is 0. The second kappa shape index (κ2) is 7.78. The highest BCUT2D eigenvalue weighted by molar-refractivity contribution is 5.86. The molecular weight excluding hydrogens is 393 g/mol. The number of carbonyl (C=O) groups excluding carboxylic acids is 1. The Labute approximate surface area is 168 Å². The Bertz CT molecular complexity index is 1350. The molecule has 3 aromatic heterocycles. The number of halogens is 1. The molecule has 0 N–H and O–H groups in total. The van der Waals surface area contributed by atoms with E-state index in [4.69, 9.17) is 4.42 Å². The number of pyridine rings is 1. The van der Waals surface area contributed by atoms with Crippen molar-refractivity contribution in [3.05, 3.63) is 98.5 Å². The molecule has 152 valence electrons. The monoisotopic (exact) mass is 409 g/mol. The van der Waals surface area contributed by atoms with E-state index in [1.807, 2.05) is 0 Å². The van der Waals surface area contributed by atoms with Gasteiger partial charge in [-0.05, 0) is 42.0 Å². The minimum atomic E-state index is -0.638. The van der Waals surface area contributed by atoms with Gasteiger partial charge in [-0.25, -0.2) is 19.0 Å². The molecule has 0 bridgehead atoms. The molecule has 0 unspecified atom stereocenters. The lowest BCUT2D eigenvalue weighted by Crippen LogP contribution is -2.40. The van der Waals surface area contributed by atoms with Crippen LogP contribution in [-0.4, -0.2) is 27.2 Å². The maximum Gasteiger partial charge on any atom is 0.373 e. The first kappa shape index (κ1) is 19.3. The average molecular weight is 409 g/mol. The van der Waals surface area contributed by atoms with Crippen molar-refractivity contribution in [3.63, 3.8) is 0 Å². The molecule has 0 atom stereocenters. The fraction of sp³-hybridized carbons (Fsp3) is 0.143. The Morgan fingerprint density at radius 2 is 1.83 bits per heavy atom. The number of aromatic nitrogens is 3. The maximum absolute atomic E-state index is 13.2. The molecule has 0 aliphatic rings. The van der Waals surface area contributed by atoms with Crippen LogP contribution in [0.2, 0.25) is 0 Å². The molecule has 0 fully saturated rings. The SMILES string of the molecule is COC(=O)c1ccc(Cn2c(=O)n(Cc3ccc(F)cc3)c(=O)c3ncccc32)o1. The second-order valence-electron chi connectivity index (χ2n) is 6.52. The fourth-order valence-electron chi connectivity index (χ4n) is 3.14. The Hall–Kier alpha value is -4.01. The van der Waals surface area contributed by atoms with Crippen LogP contribution >= 0.6 is 0 Å². The molecule has 0 spiro atoms. The van der Waals surface area contributed by atoms with E-state index >= 15 is 0 Å². The van der Waals surface area contributed by atoms with Crippen molar-refractivity contribution < 1.29 is 18.3 Å². The summed E-state index contributed by atoms with van der Waals surface area (Å²) in [7, 11) is 1.24. The second-order valence-corrected chi connectivity index (χ2v) is 6.52. The van der Waals surface area contributed by atoms with Gasteiger partial charge in [0.15, 0.2) is 5.52 Å². The van der Waals surface area contributed by atoms with Gasteiger partial charge in [0, 0.05) is 6.20 Å². The van der Waals surface area contributed by atoms with E-state index in [-0.39, 0.29) is 24.4 Å². The number of methoxy groups -OCH3 is 1. The van der Waals surface area contributed by atoms with Crippen LogP contribution in [-0.2, 0) is 17.8 Å². The third-order valence-electron chi connectivity index (χ3n) is 4.60. The number of ether oxygens (including phenoxy) is 1. The predicted octanol–water partition coefficient (Wildman–Crippen LogP) is 2.17. The number of hydrogen-bond acceptors (Lipinski definition) is 6. The molecule has 0 saturated carbocycles. The van der Waals surface area contributed by atoms with Gasteiger partial charge in [-0.3, -0.25) is 13.9 Å².